The Morgan fingerprint density at radius 2 is 1.73 bits per heavy atom. The monoisotopic (exact) mass is 354 g/mol. The van der Waals surface area contributed by atoms with Gasteiger partial charge >= 0.3 is 0 Å². The SMILES string of the molecule is CC(=O)N(C)c1ccc(C(=O)N2CCC(c3cccc(F)c3)CC2)cc1. The number of hydrogen-bond donors (Lipinski definition) is 0. The molecule has 0 atom stereocenters. The summed E-state index contributed by atoms with van der Waals surface area (Å²) in [6.45, 7) is 2.83. The average molecular weight is 354 g/mol. The van der Waals surface area contributed by atoms with Crippen molar-refractivity contribution in [1.82, 2.24) is 4.90 Å². The van der Waals surface area contributed by atoms with E-state index in [-0.39, 0.29) is 17.6 Å². The van der Waals surface area contributed by atoms with E-state index >= 15 is 0 Å². The van der Waals surface area contributed by atoms with Crippen LogP contribution >= 0.6 is 0 Å². The molecule has 2 amide bonds. The molecule has 0 aliphatic carbocycles. The summed E-state index contributed by atoms with van der Waals surface area (Å²) in [7, 11) is 1.70. The molecule has 5 heteroatoms. The van der Waals surface area contributed by atoms with Crippen LogP contribution < -0.4 is 4.90 Å². The van der Waals surface area contributed by atoms with Crippen molar-refractivity contribution in [1.29, 1.82) is 0 Å². The largest absolute Gasteiger partial charge is 0.339 e. The fraction of sp³-hybridized carbons (Fsp3) is 0.333. The molecule has 26 heavy (non-hydrogen) atoms. The van der Waals surface area contributed by atoms with Crippen molar-refractivity contribution in [3.8, 4) is 0 Å². The van der Waals surface area contributed by atoms with E-state index in [9.17, 15) is 14.0 Å². The van der Waals surface area contributed by atoms with Gasteiger partial charge in [-0.3, -0.25) is 9.59 Å². The fourth-order valence-corrected chi connectivity index (χ4v) is 3.37. The van der Waals surface area contributed by atoms with Gasteiger partial charge in [0, 0.05) is 38.3 Å². The third-order valence-corrected chi connectivity index (χ3v) is 5.08. The van der Waals surface area contributed by atoms with Crippen LogP contribution in [-0.4, -0.2) is 36.9 Å². The van der Waals surface area contributed by atoms with Crippen molar-refractivity contribution in [2.24, 2.45) is 0 Å². The molecule has 2 aromatic rings. The number of likely N-dealkylation sites (tertiary alicyclic amines) is 1. The molecular weight excluding hydrogens is 331 g/mol. The molecule has 1 aliphatic heterocycles. The molecule has 4 nitrogen and oxygen atoms in total. The Hall–Kier alpha value is -2.69. The first-order valence-electron chi connectivity index (χ1n) is 8.85. The van der Waals surface area contributed by atoms with Crippen molar-refractivity contribution in [2.45, 2.75) is 25.7 Å². The van der Waals surface area contributed by atoms with E-state index < -0.39 is 0 Å². The Morgan fingerprint density at radius 1 is 1.08 bits per heavy atom. The molecule has 2 aromatic carbocycles. The van der Waals surface area contributed by atoms with E-state index in [1.165, 1.54) is 13.0 Å². The van der Waals surface area contributed by atoms with Gasteiger partial charge in [-0.15, -0.1) is 0 Å². The first-order valence-corrected chi connectivity index (χ1v) is 8.85. The Balaban J connectivity index is 1.62. The minimum absolute atomic E-state index is 0.000259. The molecule has 0 bridgehead atoms. The van der Waals surface area contributed by atoms with Crippen LogP contribution in [0.15, 0.2) is 48.5 Å². The average Bonchev–Trinajstić information content (AvgIpc) is 2.67. The summed E-state index contributed by atoms with van der Waals surface area (Å²) in [4.78, 5) is 27.5. The number of hydrogen-bond acceptors (Lipinski definition) is 2. The van der Waals surface area contributed by atoms with Gasteiger partial charge in [0.15, 0.2) is 0 Å². The van der Waals surface area contributed by atoms with Gasteiger partial charge in [-0.25, -0.2) is 4.39 Å². The Kier molecular flexibility index (Phi) is 5.35. The number of halogens is 1. The lowest BCUT2D eigenvalue weighted by molar-refractivity contribution is -0.116. The first-order chi connectivity index (χ1) is 12.5. The molecular formula is C21H23FN2O2. The second kappa shape index (κ2) is 7.68. The van der Waals surface area contributed by atoms with E-state index in [4.69, 9.17) is 0 Å². The standard InChI is InChI=1S/C21H23FN2O2/c1-15(25)23(2)20-8-6-17(7-9-20)21(26)24-12-10-16(11-13-24)18-4-3-5-19(22)14-18/h3-9,14,16H,10-13H2,1-2H3. The number of anilines is 1. The number of rotatable bonds is 3. The third-order valence-electron chi connectivity index (χ3n) is 5.08. The molecule has 0 N–H and O–H groups in total. The molecule has 0 radical (unpaired) electrons. The van der Waals surface area contributed by atoms with E-state index in [2.05, 4.69) is 0 Å². The molecule has 1 saturated heterocycles. The minimum atomic E-state index is -0.211. The van der Waals surface area contributed by atoms with Crippen molar-refractivity contribution in [2.75, 3.05) is 25.0 Å². The number of carbonyl (C=O) groups excluding carboxylic acids is 2. The van der Waals surface area contributed by atoms with Gasteiger partial charge in [0.2, 0.25) is 5.91 Å². The van der Waals surface area contributed by atoms with Crippen LogP contribution in [0.1, 0.15) is 41.6 Å². The summed E-state index contributed by atoms with van der Waals surface area (Å²) in [6.07, 6.45) is 1.67. The zero-order chi connectivity index (χ0) is 18.7. The highest BCUT2D eigenvalue weighted by molar-refractivity contribution is 5.96. The first kappa shape index (κ1) is 18.1. The summed E-state index contributed by atoms with van der Waals surface area (Å²) in [6, 6.07) is 13.8. The molecule has 0 aromatic heterocycles. The lowest BCUT2D eigenvalue weighted by Crippen LogP contribution is -2.38. The maximum absolute atomic E-state index is 13.4. The molecule has 136 valence electrons. The summed E-state index contributed by atoms with van der Waals surface area (Å²) in [5.74, 6) is 0.0289. The van der Waals surface area contributed by atoms with Gasteiger partial charge in [0.1, 0.15) is 5.82 Å². The topological polar surface area (TPSA) is 40.6 Å². The second-order valence-corrected chi connectivity index (χ2v) is 6.75. The quantitative estimate of drug-likeness (QED) is 0.840. The van der Waals surface area contributed by atoms with Gasteiger partial charge in [-0.1, -0.05) is 12.1 Å². The molecule has 1 heterocycles. The molecule has 1 fully saturated rings. The second-order valence-electron chi connectivity index (χ2n) is 6.75. The van der Waals surface area contributed by atoms with Crippen molar-refractivity contribution < 1.29 is 14.0 Å². The molecule has 0 spiro atoms. The summed E-state index contributed by atoms with van der Waals surface area (Å²) in [5, 5.41) is 0. The van der Waals surface area contributed by atoms with Crippen LogP contribution in [0.5, 0.6) is 0 Å². The van der Waals surface area contributed by atoms with Crippen LogP contribution in [0.3, 0.4) is 0 Å². The summed E-state index contributed by atoms with van der Waals surface area (Å²) < 4.78 is 13.4. The number of carbonyl (C=O) groups is 2. The highest BCUT2D eigenvalue weighted by Crippen LogP contribution is 2.29. The summed E-state index contributed by atoms with van der Waals surface area (Å²) >= 11 is 0. The maximum atomic E-state index is 13.4. The van der Waals surface area contributed by atoms with Crippen molar-refractivity contribution in [3.05, 3.63) is 65.5 Å². The lowest BCUT2D eigenvalue weighted by atomic mass is 9.89. The van der Waals surface area contributed by atoms with Crippen LogP contribution in [0.2, 0.25) is 0 Å². The highest BCUT2D eigenvalue weighted by atomic mass is 19.1. The fourth-order valence-electron chi connectivity index (χ4n) is 3.37. The Bertz CT molecular complexity index is 796. The van der Waals surface area contributed by atoms with Crippen molar-refractivity contribution in [3.63, 3.8) is 0 Å². The van der Waals surface area contributed by atoms with Gasteiger partial charge in [0.05, 0.1) is 0 Å². The van der Waals surface area contributed by atoms with Gasteiger partial charge in [0.25, 0.3) is 5.91 Å². The third kappa shape index (κ3) is 3.93. The van der Waals surface area contributed by atoms with Crippen LogP contribution in [0.25, 0.3) is 0 Å². The Labute approximate surface area is 153 Å². The molecule has 0 saturated carbocycles. The van der Waals surface area contributed by atoms with E-state index in [1.807, 2.05) is 11.0 Å². The minimum Gasteiger partial charge on any atom is -0.339 e. The van der Waals surface area contributed by atoms with Gasteiger partial charge < -0.3 is 9.80 Å². The van der Waals surface area contributed by atoms with Crippen molar-refractivity contribution >= 4 is 17.5 Å². The smallest absolute Gasteiger partial charge is 0.253 e. The number of nitrogens with zero attached hydrogens (tertiary/aromatic N) is 2. The predicted octanol–water partition coefficient (Wildman–Crippen LogP) is 3.83. The highest BCUT2D eigenvalue weighted by Gasteiger charge is 2.24. The van der Waals surface area contributed by atoms with Crippen LogP contribution in [-0.2, 0) is 4.79 Å². The Morgan fingerprint density at radius 3 is 2.31 bits per heavy atom. The maximum Gasteiger partial charge on any atom is 0.253 e. The number of amides is 2. The molecule has 3 rings (SSSR count). The van der Waals surface area contributed by atoms with E-state index in [0.717, 1.165) is 24.1 Å². The van der Waals surface area contributed by atoms with Crippen LogP contribution in [0, 0.1) is 5.82 Å². The number of piperidine rings is 1. The van der Waals surface area contributed by atoms with Crippen LogP contribution in [0.4, 0.5) is 10.1 Å². The molecule has 1 aliphatic rings. The van der Waals surface area contributed by atoms with Gasteiger partial charge in [-0.05, 0) is 60.7 Å². The molecule has 0 unspecified atom stereocenters. The normalized spacial score (nSPS) is 15.0. The lowest BCUT2D eigenvalue weighted by Gasteiger charge is -2.32. The summed E-state index contributed by atoms with van der Waals surface area (Å²) in [5.41, 5.74) is 2.39. The van der Waals surface area contributed by atoms with Gasteiger partial charge in [-0.2, -0.15) is 0 Å². The predicted molar refractivity (Wildman–Crippen MR) is 99.8 cm³/mol. The number of benzene rings is 2. The van der Waals surface area contributed by atoms with E-state index in [0.29, 0.717) is 24.6 Å². The van der Waals surface area contributed by atoms with E-state index in [1.54, 1.807) is 48.3 Å². The zero-order valence-electron chi connectivity index (χ0n) is 15.1. The zero-order valence-corrected chi connectivity index (χ0v) is 15.1.